The lowest BCUT2D eigenvalue weighted by Crippen LogP contribution is -2.37. The number of anilines is 1. The molecule has 8 heteroatoms. The van der Waals surface area contributed by atoms with Crippen molar-refractivity contribution in [2.24, 2.45) is 0 Å². The molecule has 2 aromatic rings. The predicted octanol–water partition coefficient (Wildman–Crippen LogP) is 3.70. The molecule has 5 nitrogen and oxygen atoms in total. The van der Waals surface area contributed by atoms with Gasteiger partial charge in [-0.25, -0.2) is 17.6 Å². The number of hydrogen-bond donors (Lipinski definition) is 0. The summed E-state index contributed by atoms with van der Waals surface area (Å²) in [5.41, 5.74) is 3.28. The van der Waals surface area contributed by atoms with Crippen molar-refractivity contribution in [3.63, 3.8) is 0 Å². The molecule has 2 aromatic carbocycles. The fourth-order valence-corrected chi connectivity index (χ4v) is 6.36. The molecular weight excluding hydrogens is 403 g/mol. The van der Waals surface area contributed by atoms with Gasteiger partial charge in [-0.15, -0.1) is 0 Å². The minimum atomic E-state index is -3.26. The van der Waals surface area contributed by atoms with Crippen LogP contribution in [0.2, 0.25) is 5.02 Å². The highest BCUT2D eigenvalue weighted by Gasteiger charge is 2.53. The summed E-state index contributed by atoms with van der Waals surface area (Å²) in [4.78, 5) is 16.4. The van der Waals surface area contributed by atoms with Gasteiger partial charge < -0.3 is 4.90 Å². The number of fused-ring (bicyclic) bond motifs is 1. The first-order chi connectivity index (χ1) is 13.1. The second-order valence-electron chi connectivity index (χ2n) is 7.57. The summed E-state index contributed by atoms with van der Waals surface area (Å²) in [6, 6.07) is 8.63. The molecule has 2 aliphatic rings. The molecule has 0 N–H and O–H groups in total. The predicted molar refractivity (Wildman–Crippen MR) is 107 cm³/mol. The van der Waals surface area contributed by atoms with E-state index >= 15 is 0 Å². The van der Waals surface area contributed by atoms with E-state index in [0.717, 1.165) is 11.1 Å². The molecule has 2 saturated heterocycles. The Morgan fingerprint density at radius 3 is 2.36 bits per heavy atom. The summed E-state index contributed by atoms with van der Waals surface area (Å²) < 4.78 is 38.0. The summed E-state index contributed by atoms with van der Waals surface area (Å²) in [7, 11) is -3.26. The molecule has 0 bridgehead atoms. The largest absolute Gasteiger partial charge is 0.325 e. The molecule has 0 unspecified atom stereocenters. The molecule has 2 aliphatic heterocycles. The van der Waals surface area contributed by atoms with E-state index in [9.17, 15) is 17.6 Å². The van der Waals surface area contributed by atoms with Crippen LogP contribution in [0.15, 0.2) is 36.4 Å². The molecular formula is C20H20ClFN2O3S. The Hall–Kier alpha value is -2.12. The maximum Gasteiger partial charge on any atom is 0.325 e. The van der Waals surface area contributed by atoms with E-state index in [-0.39, 0.29) is 29.1 Å². The van der Waals surface area contributed by atoms with E-state index in [1.54, 1.807) is 9.80 Å². The van der Waals surface area contributed by atoms with Crippen molar-refractivity contribution in [2.75, 3.05) is 16.4 Å². The minimum Gasteiger partial charge on any atom is -0.314 e. The molecule has 0 aliphatic carbocycles. The number of carbonyl (C=O) groups is 1. The molecule has 2 amide bonds. The molecule has 4 rings (SSSR count). The van der Waals surface area contributed by atoms with Gasteiger partial charge in [-0.05, 0) is 54.8 Å². The number of hydrogen-bond acceptors (Lipinski definition) is 3. The Morgan fingerprint density at radius 2 is 1.71 bits per heavy atom. The van der Waals surface area contributed by atoms with Gasteiger partial charge in [0.05, 0.1) is 23.6 Å². The first-order valence-electron chi connectivity index (χ1n) is 8.97. The number of nitrogens with zero attached hydrogens (tertiary/aromatic N) is 2. The molecule has 0 radical (unpaired) electrons. The lowest BCUT2D eigenvalue weighted by atomic mass is 10.1. The summed E-state index contributed by atoms with van der Waals surface area (Å²) in [5, 5.41) is 0.218. The van der Waals surface area contributed by atoms with Crippen LogP contribution in [0, 0.1) is 19.7 Å². The molecule has 0 aromatic heterocycles. The molecule has 0 saturated carbocycles. The van der Waals surface area contributed by atoms with E-state index in [1.165, 1.54) is 18.2 Å². The first kappa shape index (κ1) is 19.2. The Kier molecular flexibility index (Phi) is 4.62. The van der Waals surface area contributed by atoms with Gasteiger partial charge in [-0.3, -0.25) is 4.90 Å². The van der Waals surface area contributed by atoms with E-state index in [2.05, 4.69) is 0 Å². The quantitative estimate of drug-likeness (QED) is 0.708. The van der Waals surface area contributed by atoms with Gasteiger partial charge in [0.25, 0.3) is 0 Å². The van der Waals surface area contributed by atoms with E-state index < -0.39 is 27.7 Å². The molecule has 148 valence electrons. The Balaban J connectivity index is 1.74. The third-order valence-corrected chi connectivity index (χ3v) is 7.37. The molecule has 28 heavy (non-hydrogen) atoms. The monoisotopic (exact) mass is 422 g/mol. The first-order valence-corrected chi connectivity index (χ1v) is 11.2. The van der Waals surface area contributed by atoms with Crippen molar-refractivity contribution in [1.29, 1.82) is 0 Å². The second kappa shape index (κ2) is 6.74. The zero-order valence-electron chi connectivity index (χ0n) is 15.5. The Labute approximate surface area is 168 Å². The highest BCUT2D eigenvalue weighted by molar-refractivity contribution is 7.91. The normalized spacial score (nSPS) is 23.4. The zero-order valence-corrected chi connectivity index (χ0v) is 17.1. The van der Waals surface area contributed by atoms with Gasteiger partial charge in [-0.1, -0.05) is 23.7 Å². The summed E-state index contributed by atoms with van der Waals surface area (Å²) in [5.74, 6) is -0.604. The van der Waals surface area contributed by atoms with Crippen LogP contribution in [-0.4, -0.2) is 42.9 Å². The number of rotatable bonds is 3. The van der Waals surface area contributed by atoms with E-state index in [4.69, 9.17) is 11.6 Å². The van der Waals surface area contributed by atoms with Gasteiger partial charge in [-0.2, -0.15) is 0 Å². The van der Waals surface area contributed by atoms with Crippen molar-refractivity contribution in [3.8, 4) is 0 Å². The second-order valence-corrected chi connectivity index (χ2v) is 10.1. The fourth-order valence-electron chi connectivity index (χ4n) is 4.19. The maximum absolute atomic E-state index is 13.4. The summed E-state index contributed by atoms with van der Waals surface area (Å²) >= 11 is 6.14. The minimum absolute atomic E-state index is 0.0654. The van der Waals surface area contributed by atoms with Crippen molar-refractivity contribution >= 4 is 33.2 Å². The average Bonchev–Trinajstić information content (AvgIpc) is 2.99. The Morgan fingerprint density at radius 1 is 1.07 bits per heavy atom. The molecule has 2 fully saturated rings. The molecule has 2 heterocycles. The number of carbonyl (C=O) groups excluding carboxylic acids is 1. The zero-order chi connectivity index (χ0) is 20.2. The third-order valence-electron chi connectivity index (χ3n) is 5.32. The van der Waals surface area contributed by atoms with Gasteiger partial charge in [0.15, 0.2) is 9.84 Å². The lowest BCUT2D eigenvalue weighted by molar-refractivity contribution is 0.206. The van der Waals surface area contributed by atoms with E-state index in [1.807, 2.05) is 32.0 Å². The standard InChI is InChI=1S/C20H20ClFN2O3S/c1-12-5-13(2)7-16(6-12)24-19-11-28(26,27)10-18(19)23(20(24)25)9-14-3-4-15(22)8-17(14)21/h3-8,18-19H,9-11H2,1-2H3/t18-,19+/m0/s1. The fraction of sp³-hybridized carbons (Fsp3) is 0.350. The molecule has 2 atom stereocenters. The van der Waals surface area contributed by atoms with Gasteiger partial charge in [0.2, 0.25) is 0 Å². The highest BCUT2D eigenvalue weighted by Crippen LogP contribution is 2.37. The number of aryl methyl sites for hydroxylation is 2. The third kappa shape index (κ3) is 3.37. The molecule has 0 spiro atoms. The summed E-state index contributed by atoms with van der Waals surface area (Å²) in [6.45, 7) is 4.02. The highest BCUT2D eigenvalue weighted by atomic mass is 35.5. The Bertz CT molecular complexity index is 1050. The average molecular weight is 423 g/mol. The van der Waals surface area contributed by atoms with Crippen LogP contribution in [0.1, 0.15) is 16.7 Å². The van der Waals surface area contributed by atoms with Gasteiger partial charge in [0, 0.05) is 17.3 Å². The van der Waals surface area contributed by atoms with Crippen LogP contribution < -0.4 is 4.90 Å². The van der Waals surface area contributed by atoms with Crippen LogP contribution in [-0.2, 0) is 16.4 Å². The summed E-state index contributed by atoms with van der Waals surface area (Å²) in [6.07, 6.45) is 0. The van der Waals surface area contributed by atoms with Crippen LogP contribution in [0.25, 0.3) is 0 Å². The lowest BCUT2D eigenvalue weighted by Gasteiger charge is -2.23. The topological polar surface area (TPSA) is 57.7 Å². The SMILES string of the molecule is Cc1cc(C)cc(N2C(=O)N(Cc3ccc(F)cc3Cl)[C@H]3CS(=O)(=O)C[C@H]32)c1. The van der Waals surface area contributed by atoms with E-state index in [0.29, 0.717) is 11.3 Å². The maximum atomic E-state index is 13.4. The van der Waals surface area contributed by atoms with Crippen molar-refractivity contribution in [3.05, 3.63) is 63.9 Å². The van der Waals surface area contributed by atoms with Crippen molar-refractivity contribution < 1.29 is 17.6 Å². The van der Waals surface area contributed by atoms with Gasteiger partial charge >= 0.3 is 6.03 Å². The van der Waals surface area contributed by atoms with Gasteiger partial charge in [0.1, 0.15) is 5.82 Å². The smallest absolute Gasteiger partial charge is 0.314 e. The van der Waals surface area contributed by atoms with Crippen molar-refractivity contribution in [2.45, 2.75) is 32.5 Å². The number of urea groups is 1. The van der Waals surface area contributed by atoms with Crippen LogP contribution in [0.4, 0.5) is 14.9 Å². The number of amides is 2. The van der Waals surface area contributed by atoms with Crippen molar-refractivity contribution in [1.82, 2.24) is 4.90 Å². The number of benzene rings is 2. The van der Waals surface area contributed by atoms with Crippen LogP contribution >= 0.6 is 11.6 Å². The van der Waals surface area contributed by atoms with Crippen LogP contribution in [0.5, 0.6) is 0 Å². The van der Waals surface area contributed by atoms with Crippen LogP contribution in [0.3, 0.4) is 0 Å². The number of halogens is 2. The number of sulfone groups is 1.